The van der Waals surface area contributed by atoms with Gasteiger partial charge >= 0.3 is 0 Å². The highest BCUT2D eigenvalue weighted by Crippen LogP contribution is 2.28. The van der Waals surface area contributed by atoms with Gasteiger partial charge in [0, 0.05) is 11.3 Å². The molecular weight excluding hydrogens is 168 g/mol. The number of thioether (sulfide) groups is 1. The highest BCUT2D eigenvalue weighted by molar-refractivity contribution is 8.00. The van der Waals surface area contributed by atoms with Crippen molar-refractivity contribution in [3.05, 3.63) is 29.3 Å². The van der Waals surface area contributed by atoms with Crippen molar-refractivity contribution >= 4 is 17.5 Å². The second-order valence-corrected chi connectivity index (χ2v) is 4.13. The zero-order valence-corrected chi connectivity index (χ0v) is 7.78. The molecule has 1 aliphatic rings. The van der Waals surface area contributed by atoms with Gasteiger partial charge in [0.15, 0.2) is 0 Å². The highest BCUT2D eigenvalue weighted by Gasteiger charge is 2.15. The van der Waals surface area contributed by atoms with Crippen LogP contribution in [0.5, 0.6) is 0 Å². The van der Waals surface area contributed by atoms with Crippen LogP contribution in [0.3, 0.4) is 0 Å². The van der Waals surface area contributed by atoms with Crippen molar-refractivity contribution in [2.24, 2.45) is 0 Å². The topological polar surface area (TPSA) is 17.1 Å². The van der Waals surface area contributed by atoms with E-state index in [1.807, 2.05) is 0 Å². The van der Waals surface area contributed by atoms with E-state index in [0.29, 0.717) is 18.0 Å². The average Bonchev–Trinajstić information content (AvgIpc) is 2.03. The molecule has 1 aliphatic heterocycles. The van der Waals surface area contributed by atoms with E-state index in [1.165, 1.54) is 16.0 Å². The van der Waals surface area contributed by atoms with Gasteiger partial charge in [-0.2, -0.15) is 0 Å². The maximum Gasteiger partial charge on any atom is 0.147 e. The number of carbonyl (C=O) groups is 1. The number of rotatable bonds is 0. The second-order valence-electron chi connectivity index (χ2n) is 3.12. The molecule has 1 aromatic rings. The lowest BCUT2D eigenvalue weighted by Crippen LogP contribution is -2.11. The molecule has 12 heavy (non-hydrogen) atoms. The molecule has 0 atom stereocenters. The van der Waals surface area contributed by atoms with Crippen LogP contribution in [0, 0.1) is 6.92 Å². The lowest BCUT2D eigenvalue weighted by molar-refractivity contribution is -0.116. The molecule has 1 aromatic carbocycles. The molecule has 0 aromatic heterocycles. The van der Waals surface area contributed by atoms with Crippen molar-refractivity contribution in [3.63, 3.8) is 0 Å². The van der Waals surface area contributed by atoms with E-state index in [0.717, 1.165) is 0 Å². The molecule has 0 unspecified atom stereocenters. The van der Waals surface area contributed by atoms with Crippen LogP contribution < -0.4 is 0 Å². The number of fused-ring (bicyclic) bond motifs is 1. The number of hydrogen-bond donors (Lipinski definition) is 0. The van der Waals surface area contributed by atoms with Crippen LogP contribution in [0.2, 0.25) is 0 Å². The molecule has 0 saturated heterocycles. The molecule has 0 bridgehead atoms. The van der Waals surface area contributed by atoms with Gasteiger partial charge in [0.05, 0.1) is 5.75 Å². The third-order valence-corrected chi connectivity index (χ3v) is 3.17. The first-order chi connectivity index (χ1) is 5.75. The lowest BCUT2D eigenvalue weighted by atomic mass is 10.1. The van der Waals surface area contributed by atoms with Gasteiger partial charge < -0.3 is 0 Å². The highest BCUT2D eigenvalue weighted by atomic mass is 32.2. The molecule has 0 N–H and O–H groups in total. The fraction of sp³-hybridized carbons (Fsp3) is 0.300. The molecule has 0 fully saturated rings. The lowest BCUT2D eigenvalue weighted by Gasteiger charge is -2.14. The Morgan fingerprint density at radius 2 is 2.25 bits per heavy atom. The average molecular weight is 178 g/mol. The van der Waals surface area contributed by atoms with Crippen LogP contribution in [0.15, 0.2) is 23.1 Å². The smallest absolute Gasteiger partial charge is 0.147 e. The molecule has 0 radical (unpaired) electrons. The van der Waals surface area contributed by atoms with Crippen LogP contribution in [0.4, 0.5) is 0 Å². The van der Waals surface area contributed by atoms with E-state index in [4.69, 9.17) is 0 Å². The third kappa shape index (κ3) is 1.39. The quantitative estimate of drug-likeness (QED) is 0.606. The standard InChI is InChI=1S/C10H10OS/c1-7-2-3-10-8(4-7)5-9(11)6-12-10/h2-4H,5-6H2,1H3. The van der Waals surface area contributed by atoms with Crippen LogP contribution >= 0.6 is 11.8 Å². The molecule has 0 amide bonds. The maximum absolute atomic E-state index is 11.1. The van der Waals surface area contributed by atoms with E-state index >= 15 is 0 Å². The van der Waals surface area contributed by atoms with Gasteiger partial charge in [-0.25, -0.2) is 0 Å². The Morgan fingerprint density at radius 3 is 3.08 bits per heavy atom. The van der Waals surface area contributed by atoms with E-state index in [-0.39, 0.29) is 0 Å². The van der Waals surface area contributed by atoms with Crippen molar-refractivity contribution in [2.75, 3.05) is 5.75 Å². The number of carbonyl (C=O) groups excluding carboxylic acids is 1. The minimum absolute atomic E-state index is 0.345. The fourth-order valence-electron chi connectivity index (χ4n) is 1.41. The Hall–Kier alpha value is -0.760. The first kappa shape index (κ1) is 7.87. The number of aryl methyl sites for hydroxylation is 1. The SMILES string of the molecule is Cc1ccc2c(c1)CC(=O)CS2. The molecule has 62 valence electrons. The number of ketones is 1. The Balaban J connectivity index is 2.44. The van der Waals surface area contributed by atoms with Crippen molar-refractivity contribution in [1.82, 2.24) is 0 Å². The molecule has 2 heteroatoms. The molecule has 2 rings (SSSR count). The minimum Gasteiger partial charge on any atom is -0.298 e. The van der Waals surface area contributed by atoms with Gasteiger partial charge in [0.25, 0.3) is 0 Å². The summed E-state index contributed by atoms with van der Waals surface area (Å²) in [6, 6.07) is 6.32. The zero-order valence-electron chi connectivity index (χ0n) is 6.96. The molecule has 1 heterocycles. The Bertz CT molecular complexity index is 331. The summed E-state index contributed by atoms with van der Waals surface area (Å²) in [6.07, 6.45) is 0.629. The Morgan fingerprint density at radius 1 is 1.42 bits per heavy atom. The third-order valence-electron chi connectivity index (χ3n) is 1.99. The van der Waals surface area contributed by atoms with Crippen molar-refractivity contribution in [1.29, 1.82) is 0 Å². The van der Waals surface area contributed by atoms with Crippen LogP contribution in [-0.4, -0.2) is 11.5 Å². The zero-order chi connectivity index (χ0) is 8.55. The van der Waals surface area contributed by atoms with Crippen LogP contribution in [-0.2, 0) is 11.2 Å². The van der Waals surface area contributed by atoms with Crippen LogP contribution in [0.25, 0.3) is 0 Å². The van der Waals surface area contributed by atoms with Gasteiger partial charge in [-0.1, -0.05) is 17.7 Å². The van der Waals surface area contributed by atoms with Crippen molar-refractivity contribution in [2.45, 2.75) is 18.2 Å². The Labute approximate surface area is 76.2 Å². The molecule has 0 aliphatic carbocycles. The predicted molar refractivity (Wildman–Crippen MR) is 50.6 cm³/mol. The first-order valence-corrected chi connectivity index (χ1v) is 4.98. The van der Waals surface area contributed by atoms with Gasteiger partial charge in [0.1, 0.15) is 5.78 Å². The molecule has 0 spiro atoms. The van der Waals surface area contributed by atoms with Gasteiger partial charge in [-0.05, 0) is 18.6 Å². The molecule has 1 nitrogen and oxygen atoms in total. The van der Waals surface area contributed by atoms with Gasteiger partial charge in [-0.3, -0.25) is 4.79 Å². The Kier molecular flexibility index (Phi) is 1.93. The first-order valence-electron chi connectivity index (χ1n) is 4.00. The number of Topliss-reactive ketones (excluding diaryl/α,β-unsaturated/α-hetero) is 1. The molecule has 0 saturated carbocycles. The van der Waals surface area contributed by atoms with E-state index in [2.05, 4.69) is 25.1 Å². The van der Waals surface area contributed by atoms with E-state index < -0.39 is 0 Å². The summed E-state index contributed by atoms with van der Waals surface area (Å²) in [7, 11) is 0. The van der Waals surface area contributed by atoms with E-state index in [1.54, 1.807) is 11.8 Å². The summed E-state index contributed by atoms with van der Waals surface area (Å²) in [5, 5.41) is 0. The normalized spacial score (nSPS) is 15.9. The largest absolute Gasteiger partial charge is 0.298 e. The van der Waals surface area contributed by atoms with Crippen LogP contribution in [0.1, 0.15) is 11.1 Å². The monoisotopic (exact) mass is 178 g/mol. The van der Waals surface area contributed by atoms with E-state index in [9.17, 15) is 4.79 Å². The van der Waals surface area contributed by atoms with Crippen molar-refractivity contribution in [3.8, 4) is 0 Å². The summed E-state index contributed by atoms with van der Waals surface area (Å²) in [5.41, 5.74) is 2.44. The van der Waals surface area contributed by atoms with Crippen molar-refractivity contribution < 1.29 is 4.79 Å². The van der Waals surface area contributed by atoms with Gasteiger partial charge in [-0.15, -0.1) is 11.8 Å². The number of benzene rings is 1. The minimum atomic E-state index is 0.345. The fourth-order valence-corrected chi connectivity index (χ4v) is 2.31. The summed E-state index contributed by atoms with van der Waals surface area (Å²) in [5.74, 6) is 0.994. The second kappa shape index (κ2) is 2.94. The summed E-state index contributed by atoms with van der Waals surface area (Å²) >= 11 is 1.66. The number of hydrogen-bond acceptors (Lipinski definition) is 2. The molecular formula is C10H10OS. The predicted octanol–water partition coefficient (Wildman–Crippen LogP) is 2.21. The maximum atomic E-state index is 11.1. The summed E-state index contributed by atoms with van der Waals surface area (Å²) in [6.45, 7) is 2.06. The summed E-state index contributed by atoms with van der Waals surface area (Å²) in [4.78, 5) is 12.4. The van der Waals surface area contributed by atoms with Gasteiger partial charge in [0.2, 0.25) is 0 Å². The summed E-state index contributed by atoms with van der Waals surface area (Å²) < 4.78 is 0.